The molecule has 0 saturated carbocycles. The summed E-state index contributed by atoms with van der Waals surface area (Å²) >= 11 is 7.89. The summed E-state index contributed by atoms with van der Waals surface area (Å²) in [6, 6.07) is -0.338. The number of thiol groups is 2. The Morgan fingerprint density at radius 1 is 1.00 bits per heavy atom. The second-order valence-corrected chi connectivity index (χ2v) is 4.09. The van der Waals surface area contributed by atoms with Gasteiger partial charge in [-0.15, -0.1) is 0 Å². The lowest BCUT2D eigenvalue weighted by atomic mass is 10.0. The van der Waals surface area contributed by atoms with Crippen molar-refractivity contribution in [2.24, 2.45) is 5.73 Å². The number of hydrogen-bond donors (Lipinski definition) is 3. The minimum Gasteiger partial charge on any atom is -0.327 e. The standard InChI is InChI=1S/C9H17NO2S2/c10-7(5-8(11)1-3-13)6-9(12)2-4-14/h7,13-14H,1-6,10H2. The van der Waals surface area contributed by atoms with Crippen LogP contribution < -0.4 is 5.73 Å². The van der Waals surface area contributed by atoms with Gasteiger partial charge in [-0.25, -0.2) is 0 Å². The quantitative estimate of drug-likeness (QED) is 0.547. The second-order valence-electron chi connectivity index (χ2n) is 3.19. The summed E-state index contributed by atoms with van der Waals surface area (Å²) in [4.78, 5) is 22.3. The maximum absolute atomic E-state index is 11.1. The van der Waals surface area contributed by atoms with E-state index in [9.17, 15) is 9.59 Å². The average Bonchev–Trinajstić information content (AvgIpc) is 2.03. The molecule has 0 amide bonds. The van der Waals surface area contributed by atoms with Crippen LogP contribution in [-0.4, -0.2) is 29.1 Å². The van der Waals surface area contributed by atoms with Crippen molar-refractivity contribution in [1.82, 2.24) is 0 Å². The van der Waals surface area contributed by atoms with Crippen LogP contribution in [0.25, 0.3) is 0 Å². The highest BCUT2D eigenvalue weighted by atomic mass is 32.1. The van der Waals surface area contributed by atoms with Gasteiger partial charge in [-0.3, -0.25) is 9.59 Å². The SMILES string of the molecule is NC(CC(=O)CCS)CC(=O)CCS. The van der Waals surface area contributed by atoms with Gasteiger partial charge in [0.05, 0.1) is 0 Å². The predicted octanol–water partition coefficient (Wildman–Crippen LogP) is 0.872. The van der Waals surface area contributed by atoms with Crippen LogP contribution in [-0.2, 0) is 9.59 Å². The molecule has 0 atom stereocenters. The van der Waals surface area contributed by atoms with Gasteiger partial charge in [0, 0.05) is 31.7 Å². The topological polar surface area (TPSA) is 60.2 Å². The zero-order chi connectivity index (χ0) is 11.0. The molecule has 0 aliphatic carbocycles. The first-order chi connectivity index (χ1) is 6.60. The first-order valence-electron chi connectivity index (χ1n) is 4.60. The summed E-state index contributed by atoms with van der Waals surface area (Å²) in [6.45, 7) is 0. The maximum Gasteiger partial charge on any atom is 0.135 e. The molecule has 0 aliphatic rings. The maximum atomic E-state index is 11.1. The number of hydrogen-bond acceptors (Lipinski definition) is 5. The zero-order valence-corrected chi connectivity index (χ0v) is 9.90. The molecule has 0 spiro atoms. The minimum atomic E-state index is -0.338. The summed E-state index contributed by atoms with van der Waals surface area (Å²) in [7, 11) is 0. The average molecular weight is 235 g/mol. The number of carbonyl (C=O) groups excluding carboxylic acids is 2. The third-order valence-electron chi connectivity index (χ3n) is 1.76. The van der Waals surface area contributed by atoms with E-state index < -0.39 is 0 Å². The Labute approximate surface area is 95.6 Å². The van der Waals surface area contributed by atoms with E-state index in [2.05, 4.69) is 25.3 Å². The molecule has 5 heteroatoms. The van der Waals surface area contributed by atoms with Crippen molar-refractivity contribution in [3.8, 4) is 0 Å². The van der Waals surface area contributed by atoms with Crippen molar-refractivity contribution >= 4 is 36.8 Å². The number of Topliss-reactive ketones (excluding diaryl/α,β-unsaturated/α-hetero) is 2. The molecule has 82 valence electrons. The van der Waals surface area contributed by atoms with Gasteiger partial charge in [0.25, 0.3) is 0 Å². The summed E-state index contributed by atoms with van der Waals surface area (Å²) in [5.41, 5.74) is 5.64. The first kappa shape index (κ1) is 14.0. The lowest BCUT2D eigenvalue weighted by molar-refractivity contribution is -0.120. The van der Waals surface area contributed by atoms with Crippen LogP contribution in [0.15, 0.2) is 0 Å². The van der Waals surface area contributed by atoms with E-state index in [0.717, 1.165) is 0 Å². The molecule has 0 heterocycles. The Bertz CT molecular complexity index is 177. The third kappa shape index (κ3) is 7.41. The number of rotatable bonds is 8. The van der Waals surface area contributed by atoms with Crippen LogP contribution in [0.2, 0.25) is 0 Å². The molecule has 0 bridgehead atoms. The third-order valence-corrected chi connectivity index (χ3v) is 2.21. The van der Waals surface area contributed by atoms with Gasteiger partial charge < -0.3 is 5.73 Å². The molecule has 0 radical (unpaired) electrons. The van der Waals surface area contributed by atoms with E-state index in [1.165, 1.54) is 0 Å². The van der Waals surface area contributed by atoms with Gasteiger partial charge >= 0.3 is 0 Å². The normalized spacial score (nSPS) is 10.6. The largest absolute Gasteiger partial charge is 0.327 e. The first-order valence-corrected chi connectivity index (χ1v) is 5.87. The van der Waals surface area contributed by atoms with Crippen molar-refractivity contribution in [1.29, 1.82) is 0 Å². The molecule has 0 unspecified atom stereocenters. The summed E-state index contributed by atoms with van der Waals surface area (Å²) in [5.74, 6) is 1.23. The predicted molar refractivity (Wildman–Crippen MR) is 64.2 cm³/mol. The zero-order valence-electron chi connectivity index (χ0n) is 8.11. The Morgan fingerprint density at radius 2 is 1.36 bits per heavy atom. The molecule has 0 aromatic carbocycles. The van der Waals surface area contributed by atoms with E-state index in [1.807, 2.05) is 0 Å². The van der Waals surface area contributed by atoms with E-state index in [4.69, 9.17) is 5.73 Å². The molecular weight excluding hydrogens is 218 g/mol. The van der Waals surface area contributed by atoms with Crippen molar-refractivity contribution in [2.75, 3.05) is 11.5 Å². The number of ketones is 2. The van der Waals surface area contributed by atoms with Gasteiger partial charge in [0.15, 0.2) is 0 Å². The fourth-order valence-corrected chi connectivity index (χ4v) is 1.61. The van der Waals surface area contributed by atoms with E-state index in [1.54, 1.807) is 0 Å². The molecule has 0 aromatic rings. The van der Waals surface area contributed by atoms with E-state index >= 15 is 0 Å². The van der Waals surface area contributed by atoms with Gasteiger partial charge in [-0.1, -0.05) is 0 Å². The van der Waals surface area contributed by atoms with Crippen molar-refractivity contribution in [3.63, 3.8) is 0 Å². The van der Waals surface area contributed by atoms with Crippen molar-refractivity contribution < 1.29 is 9.59 Å². The van der Waals surface area contributed by atoms with Crippen LogP contribution in [0.5, 0.6) is 0 Å². The molecule has 0 aliphatic heterocycles. The Morgan fingerprint density at radius 3 is 1.64 bits per heavy atom. The highest BCUT2D eigenvalue weighted by molar-refractivity contribution is 7.80. The minimum absolute atomic E-state index is 0.0752. The highest BCUT2D eigenvalue weighted by Crippen LogP contribution is 2.02. The molecule has 0 saturated heterocycles. The molecule has 3 nitrogen and oxygen atoms in total. The van der Waals surface area contributed by atoms with Crippen molar-refractivity contribution in [3.05, 3.63) is 0 Å². The second kappa shape index (κ2) is 8.32. The van der Waals surface area contributed by atoms with Gasteiger partial charge in [0.2, 0.25) is 0 Å². The molecule has 0 fully saturated rings. The molecule has 14 heavy (non-hydrogen) atoms. The van der Waals surface area contributed by atoms with Gasteiger partial charge in [0.1, 0.15) is 11.6 Å². The van der Waals surface area contributed by atoms with E-state index in [-0.39, 0.29) is 30.4 Å². The Hall–Kier alpha value is -0.0000000000000000555. The van der Waals surface area contributed by atoms with E-state index in [0.29, 0.717) is 24.3 Å². The lowest BCUT2D eigenvalue weighted by Gasteiger charge is -2.08. The smallest absolute Gasteiger partial charge is 0.135 e. The van der Waals surface area contributed by atoms with Crippen LogP contribution in [0.3, 0.4) is 0 Å². The number of nitrogens with two attached hydrogens (primary N) is 1. The molecule has 0 rings (SSSR count). The van der Waals surface area contributed by atoms with Gasteiger partial charge in [-0.05, 0) is 11.5 Å². The van der Waals surface area contributed by atoms with Crippen LogP contribution >= 0.6 is 25.3 Å². The van der Waals surface area contributed by atoms with Crippen LogP contribution in [0, 0.1) is 0 Å². The molecule has 2 N–H and O–H groups in total. The molecular formula is C9H17NO2S2. The summed E-state index contributed by atoms with van der Waals surface area (Å²) < 4.78 is 0. The van der Waals surface area contributed by atoms with Crippen LogP contribution in [0.1, 0.15) is 25.7 Å². The molecule has 0 aromatic heterocycles. The number of carbonyl (C=O) groups is 2. The fraction of sp³-hybridized carbons (Fsp3) is 0.778. The Balaban J connectivity index is 3.68. The lowest BCUT2D eigenvalue weighted by Crippen LogP contribution is -2.27. The van der Waals surface area contributed by atoms with Crippen molar-refractivity contribution in [2.45, 2.75) is 31.7 Å². The Kier molecular flexibility index (Phi) is 8.32. The summed E-state index contributed by atoms with van der Waals surface area (Å²) in [5, 5.41) is 0. The van der Waals surface area contributed by atoms with Crippen LogP contribution in [0.4, 0.5) is 0 Å². The van der Waals surface area contributed by atoms with Gasteiger partial charge in [-0.2, -0.15) is 25.3 Å². The highest BCUT2D eigenvalue weighted by Gasteiger charge is 2.12. The summed E-state index contributed by atoms with van der Waals surface area (Å²) in [6.07, 6.45) is 1.41. The fourth-order valence-electron chi connectivity index (χ4n) is 1.11. The monoisotopic (exact) mass is 235 g/mol.